The fourth-order valence-corrected chi connectivity index (χ4v) is 2.31. The molecule has 18 heavy (non-hydrogen) atoms. The van der Waals surface area contributed by atoms with Crippen LogP contribution in [0, 0.1) is 13.8 Å². The van der Waals surface area contributed by atoms with Crippen LogP contribution in [0.5, 0.6) is 0 Å². The first-order chi connectivity index (χ1) is 8.70. The Hall–Kier alpha value is -1.68. The lowest BCUT2D eigenvalue weighted by Crippen LogP contribution is -2.04. The lowest BCUT2D eigenvalue weighted by Gasteiger charge is -2.10. The molecule has 0 radical (unpaired) electrons. The highest BCUT2D eigenvalue weighted by molar-refractivity contribution is 5.61. The van der Waals surface area contributed by atoms with E-state index in [1.807, 2.05) is 0 Å². The minimum atomic E-state index is -0.0473. The van der Waals surface area contributed by atoms with Crippen LogP contribution >= 0.6 is 0 Å². The Labute approximate surface area is 106 Å². The van der Waals surface area contributed by atoms with E-state index in [4.69, 9.17) is 0 Å². The first-order valence-electron chi connectivity index (χ1n) is 6.33. The van der Waals surface area contributed by atoms with Crippen LogP contribution in [0.2, 0.25) is 0 Å². The molecule has 1 aliphatic rings. The molecule has 0 atom stereocenters. The summed E-state index contributed by atoms with van der Waals surface area (Å²) in [5, 5.41) is 17.7. The van der Waals surface area contributed by atoms with Gasteiger partial charge in [-0.1, -0.05) is 17.7 Å². The van der Waals surface area contributed by atoms with Crippen molar-refractivity contribution in [3.05, 3.63) is 35.2 Å². The van der Waals surface area contributed by atoms with Gasteiger partial charge >= 0.3 is 0 Å². The largest absolute Gasteiger partial charge is 0.388 e. The topological polar surface area (TPSA) is 50.9 Å². The molecule has 1 fully saturated rings. The highest BCUT2D eigenvalue weighted by atomic mass is 16.3. The number of aromatic nitrogens is 3. The van der Waals surface area contributed by atoms with E-state index >= 15 is 0 Å². The first kappa shape index (κ1) is 11.4. The number of rotatable bonds is 3. The molecule has 0 saturated heterocycles. The molecule has 1 aliphatic carbocycles. The van der Waals surface area contributed by atoms with E-state index < -0.39 is 0 Å². The lowest BCUT2D eigenvalue weighted by atomic mass is 10.1. The fourth-order valence-electron chi connectivity index (χ4n) is 2.31. The van der Waals surface area contributed by atoms with Crippen LogP contribution in [0.4, 0.5) is 0 Å². The van der Waals surface area contributed by atoms with Crippen LogP contribution in [0.1, 0.15) is 35.8 Å². The molecule has 0 unspecified atom stereocenters. The zero-order valence-corrected chi connectivity index (χ0v) is 10.7. The minimum Gasteiger partial charge on any atom is -0.388 e. The predicted molar refractivity (Wildman–Crippen MR) is 69.1 cm³/mol. The molecule has 1 N–H and O–H groups in total. The van der Waals surface area contributed by atoms with Crippen molar-refractivity contribution in [1.29, 1.82) is 0 Å². The van der Waals surface area contributed by atoms with Gasteiger partial charge in [-0.3, -0.25) is 0 Å². The van der Waals surface area contributed by atoms with Crippen LogP contribution in [0.25, 0.3) is 11.4 Å². The van der Waals surface area contributed by atoms with Crippen molar-refractivity contribution < 1.29 is 5.11 Å². The SMILES string of the molecule is Cc1ccc(C)c(-c2nnc(CO)n2C2CC2)c1. The quantitative estimate of drug-likeness (QED) is 0.900. The lowest BCUT2D eigenvalue weighted by molar-refractivity contribution is 0.265. The second kappa shape index (κ2) is 4.21. The molecule has 94 valence electrons. The normalized spacial score (nSPS) is 15.1. The summed E-state index contributed by atoms with van der Waals surface area (Å²) in [5.74, 6) is 1.57. The second-order valence-electron chi connectivity index (χ2n) is 5.02. The summed E-state index contributed by atoms with van der Waals surface area (Å²) >= 11 is 0. The van der Waals surface area contributed by atoms with Gasteiger partial charge in [0.15, 0.2) is 11.6 Å². The van der Waals surface area contributed by atoms with Gasteiger partial charge in [-0.05, 0) is 38.3 Å². The highest BCUT2D eigenvalue weighted by Crippen LogP contribution is 2.39. The Morgan fingerprint density at radius 2 is 2.06 bits per heavy atom. The van der Waals surface area contributed by atoms with Gasteiger partial charge in [0.25, 0.3) is 0 Å². The molecule has 1 saturated carbocycles. The molecular weight excluding hydrogens is 226 g/mol. The molecule has 1 aromatic carbocycles. The zero-order chi connectivity index (χ0) is 12.7. The monoisotopic (exact) mass is 243 g/mol. The molecule has 4 heteroatoms. The Morgan fingerprint density at radius 1 is 1.28 bits per heavy atom. The molecule has 3 rings (SSSR count). The van der Waals surface area contributed by atoms with Crippen LogP contribution in [-0.2, 0) is 6.61 Å². The summed E-state index contributed by atoms with van der Waals surface area (Å²) in [6, 6.07) is 6.81. The summed E-state index contributed by atoms with van der Waals surface area (Å²) in [4.78, 5) is 0. The van der Waals surface area contributed by atoms with E-state index in [-0.39, 0.29) is 6.61 Å². The number of aryl methyl sites for hydroxylation is 2. The van der Waals surface area contributed by atoms with Gasteiger partial charge in [0, 0.05) is 11.6 Å². The summed E-state index contributed by atoms with van der Waals surface area (Å²) in [6.07, 6.45) is 2.31. The third kappa shape index (κ3) is 1.82. The molecule has 1 heterocycles. The molecule has 0 spiro atoms. The third-order valence-electron chi connectivity index (χ3n) is 3.45. The van der Waals surface area contributed by atoms with E-state index in [9.17, 15) is 5.11 Å². The van der Waals surface area contributed by atoms with Crippen molar-refractivity contribution in [1.82, 2.24) is 14.8 Å². The summed E-state index contributed by atoms with van der Waals surface area (Å²) in [7, 11) is 0. The van der Waals surface area contributed by atoms with E-state index in [0.717, 1.165) is 24.2 Å². The second-order valence-corrected chi connectivity index (χ2v) is 5.02. The van der Waals surface area contributed by atoms with Crippen LogP contribution in [0.3, 0.4) is 0 Å². The van der Waals surface area contributed by atoms with Gasteiger partial charge in [-0.2, -0.15) is 0 Å². The molecular formula is C14H17N3O. The van der Waals surface area contributed by atoms with Crippen molar-refractivity contribution in [3.63, 3.8) is 0 Å². The van der Waals surface area contributed by atoms with Gasteiger partial charge in [-0.15, -0.1) is 10.2 Å². The third-order valence-corrected chi connectivity index (χ3v) is 3.45. The van der Waals surface area contributed by atoms with E-state index in [0.29, 0.717) is 11.9 Å². The maximum atomic E-state index is 9.36. The van der Waals surface area contributed by atoms with Gasteiger partial charge in [0.05, 0.1) is 0 Å². The number of aliphatic hydroxyl groups excluding tert-OH is 1. The van der Waals surface area contributed by atoms with Gasteiger partial charge in [0.2, 0.25) is 0 Å². The van der Waals surface area contributed by atoms with E-state index in [2.05, 4.69) is 46.8 Å². The Bertz CT molecular complexity index is 585. The van der Waals surface area contributed by atoms with Crippen LogP contribution in [0.15, 0.2) is 18.2 Å². The maximum absolute atomic E-state index is 9.36. The summed E-state index contributed by atoms with van der Waals surface area (Å²) < 4.78 is 2.10. The minimum absolute atomic E-state index is 0.0473. The Kier molecular flexibility index (Phi) is 2.67. The number of aliphatic hydroxyl groups is 1. The molecule has 4 nitrogen and oxygen atoms in total. The predicted octanol–water partition coefficient (Wildman–Crippen LogP) is 2.39. The Balaban J connectivity index is 2.16. The van der Waals surface area contributed by atoms with Gasteiger partial charge in [-0.25, -0.2) is 0 Å². The molecule has 2 aromatic rings. The number of hydrogen-bond acceptors (Lipinski definition) is 3. The zero-order valence-electron chi connectivity index (χ0n) is 10.7. The molecule has 1 aromatic heterocycles. The highest BCUT2D eigenvalue weighted by Gasteiger charge is 2.29. The molecule has 0 aliphatic heterocycles. The summed E-state index contributed by atoms with van der Waals surface area (Å²) in [6.45, 7) is 4.11. The number of nitrogens with zero attached hydrogens (tertiary/aromatic N) is 3. The molecule has 0 amide bonds. The van der Waals surface area contributed by atoms with Crippen molar-refractivity contribution >= 4 is 0 Å². The summed E-state index contributed by atoms with van der Waals surface area (Å²) in [5.41, 5.74) is 3.53. The van der Waals surface area contributed by atoms with E-state index in [1.54, 1.807) is 0 Å². The van der Waals surface area contributed by atoms with Crippen molar-refractivity contribution in [3.8, 4) is 11.4 Å². The van der Waals surface area contributed by atoms with Gasteiger partial charge in [0.1, 0.15) is 6.61 Å². The van der Waals surface area contributed by atoms with Crippen LogP contribution in [-0.4, -0.2) is 19.9 Å². The maximum Gasteiger partial charge on any atom is 0.164 e. The van der Waals surface area contributed by atoms with Crippen molar-refractivity contribution in [2.45, 2.75) is 39.3 Å². The van der Waals surface area contributed by atoms with Crippen molar-refractivity contribution in [2.24, 2.45) is 0 Å². The number of benzene rings is 1. The number of hydrogen-bond donors (Lipinski definition) is 1. The van der Waals surface area contributed by atoms with E-state index in [1.165, 1.54) is 11.1 Å². The average molecular weight is 243 g/mol. The first-order valence-corrected chi connectivity index (χ1v) is 6.33. The standard InChI is InChI=1S/C14H17N3O/c1-9-3-4-10(2)12(7-9)14-16-15-13(8-18)17(14)11-5-6-11/h3-4,7,11,18H,5-6,8H2,1-2H3. The average Bonchev–Trinajstić information content (AvgIpc) is 3.12. The van der Waals surface area contributed by atoms with Gasteiger partial charge < -0.3 is 9.67 Å². The fraction of sp³-hybridized carbons (Fsp3) is 0.429. The van der Waals surface area contributed by atoms with Crippen LogP contribution < -0.4 is 0 Å². The smallest absolute Gasteiger partial charge is 0.164 e. The van der Waals surface area contributed by atoms with Crippen molar-refractivity contribution in [2.75, 3.05) is 0 Å². The Morgan fingerprint density at radius 3 is 2.72 bits per heavy atom. The molecule has 0 bridgehead atoms.